The van der Waals surface area contributed by atoms with E-state index in [9.17, 15) is 20.1 Å². The second-order valence-electron chi connectivity index (χ2n) is 4.31. The van der Waals surface area contributed by atoms with E-state index in [1.165, 1.54) is 12.3 Å². The number of rotatable bonds is 8. The maximum Gasteiger partial charge on any atom is 0.267 e. The number of carbonyl (C=O) groups excluding carboxylic acids is 1. The van der Waals surface area contributed by atoms with Gasteiger partial charge in [-0.05, 0) is 6.07 Å². The van der Waals surface area contributed by atoms with Gasteiger partial charge in [-0.1, -0.05) is 0 Å². The van der Waals surface area contributed by atoms with Crippen molar-refractivity contribution in [2.45, 2.75) is 24.4 Å². The second-order valence-corrected chi connectivity index (χ2v) is 4.31. The van der Waals surface area contributed by atoms with Gasteiger partial charge in [0.25, 0.3) is 5.91 Å². The Bertz CT molecular complexity index is 474. The molecule has 8 N–H and O–H groups in total. The van der Waals surface area contributed by atoms with E-state index in [0.29, 0.717) is 0 Å². The molecule has 0 aliphatic carbocycles. The number of anilines is 1. The Morgan fingerprint density at radius 3 is 2.43 bits per heavy atom. The monoisotopic (exact) mass is 302 g/mol. The smallest absolute Gasteiger partial charge is 0.267 e. The van der Waals surface area contributed by atoms with Crippen LogP contribution in [0, 0.1) is 0 Å². The van der Waals surface area contributed by atoms with Crippen molar-refractivity contribution >= 4 is 11.9 Å². The standard InChI is InChI=1S/C11H18N4O6/c12-10(21)5-1-2-13-11(15-5)14-3-6(17)8(19)9(20)7(18)4-16/h1-2,6-9,16-20H,3-4H2,(H2,12,21)(H,13,14,15)/t6-,7+,8+,9+/m0/s1. The lowest BCUT2D eigenvalue weighted by Crippen LogP contribution is -2.48. The van der Waals surface area contributed by atoms with Crippen LogP contribution in [0.25, 0.3) is 0 Å². The molecule has 0 spiro atoms. The molecule has 1 aromatic heterocycles. The van der Waals surface area contributed by atoms with Gasteiger partial charge in [0.05, 0.1) is 12.7 Å². The van der Waals surface area contributed by atoms with Crippen LogP contribution < -0.4 is 11.1 Å². The van der Waals surface area contributed by atoms with Gasteiger partial charge in [-0.3, -0.25) is 4.79 Å². The molecule has 0 aromatic carbocycles. The number of nitrogens with one attached hydrogen (secondary N) is 1. The first-order valence-electron chi connectivity index (χ1n) is 6.06. The second kappa shape index (κ2) is 7.81. The third kappa shape index (κ3) is 4.88. The maximum atomic E-state index is 10.9. The maximum absolute atomic E-state index is 10.9. The van der Waals surface area contributed by atoms with Crippen LogP contribution in [-0.2, 0) is 0 Å². The largest absolute Gasteiger partial charge is 0.394 e. The lowest BCUT2D eigenvalue weighted by atomic mass is 10.0. The first kappa shape index (κ1) is 17.2. The normalized spacial score (nSPS) is 16.8. The van der Waals surface area contributed by atoms with Crippen molar-refractivity contribution in [2.24, 2.45) is 5.73 Å². The Hall–Kier alpha value is -1.85. The predicted octanol–water partition coefficient (Wildman–Crippen LogP) is -3.58. The molecule has 0 bridgehead atoms. The number of nitrogens with zero attached hydrogens (tertiary/aromatic N) is 2. The summed E-state index contributed by atoms with van der Waals surface area (Å²) in [5.41, 5.74) is 5.01. The Morgan fingerprint density at radius 2 is 1.86 bits per heavy atom. The van der Waals surface area contributed by atoms with Crippen LogP contribution in [0.15, 0.2) is 12.3 Å². The summed E-state index contributed by atoms with van der Waals surface area (Å²) in [6.45, 7) is -1.03. The first-order chi connectivity index (χ1) is 9.86. The molecular formula is C11H18N4O6. The number of amides is 1. The van der Waals surface area contributed by atoms with Gasteiger partial charge in [-0.2, -0.15) is 0 Å². The minimum Gasteiger partial charge on any atom is -0.394 e. The molecule has 0 saturated heterocycles. The Labute approximate surface area is 119 Å². The molecule has 0 aliphatic heterocycles. The molecule has 1 rings (SSSR count). The van der Waals surface area contributed by atoms with Gasteiger partial charge in [-0.15, -0.1) is 0 Å². The highest BCUT2D eigenvalue weighted by Crippen LogP contribution is 2.06. The highest BCUT2D eigenvalue weighted by atomic mass is 16.4. The summed E-state index contributed by atoms with van der Waals surface area (Å²) < 4.78 is 0. The lowest BCUT2D eigenvalue weighted by Gasteiger charge is -2.25. The molecule has 4 atom stereocenters. The van der Waals surface area contributed by atoms with E-state index in [2.05, 4.69) is 15.3 Å². The van der Waals surface area contributed by atoms with Crippen molar-refractivity contribution in [1.82, 2.24) is 9.97 Å². The van der Waals surface area contributed by atoms with Gasteiger partial charge in [0.2, 0.25) is 5.95 Å². The molecule has 1 aromatic rings. The summed E-state index contributed by atoms with van der Waals surface area (Å²) in [5.74, 6) is -0.753. The van der Waals surface area contributed by atoms with Crippen LogP contribution in [0.4, 0.5) is 5.95 Å². The van der Waals surface area contributed by atoms with E-state index in [0.717, 1.165) is 0 Å². The summed E-state index contributed by atoms with van der Waals surface area (Å²) in [6, 6.07) is 1.31. The SMILES string of the molecule is NC(=O)c1ccnc(NC[C@H](O)[C@@H](O)[C@H](O)[C@H](O)CO)n1. The summed E-state index contributed by atoms with van der Waals surface area (Å²) in [4.78, 5) is 18.5. The third-order valence-electron chi connectivity index (χ3n) is 2.70. The number of aliphatic hydroxyl groups is 5. The molecule has 118 valence electrons. The fraction of sp³-hybridized carbons (Fsp3) is 0.545. The number of nitrogens with two attached hydrogens (primary N) is 1. The van der Waals surface area contributed by atoms with Crippen molar-refractivity contribution in [1.29, 1.82) is 0 Å². The van der Waals surface area contributed by atoms with E-state index in [1.807, 2.05) is 0 Å². The van der Waals surface area contributed by atoms with Crippen molar-refractivity contribution in [2.75, 3.05) is 18.5 Å². The lowest BCUT2D eigenvalue weighted by molar-refractivity contribution is -0.111. The molecular weight excluding hydrogens is 284 g/mol. The van der Waals surface area contributed by atoms with Crippen LogP contribution in [-0.4, -0.2) is 79.0 Å². The topological polar surface area (TPSA) is 182 Å². The van der Waals surface area contributed by atoms with Gasteiger partial charge in [0, 0.05) is 12.7 Å². The van der Waals surface area contributed by atoms with Gasteiger partial charge in [0.1, 0.15) is 24.0 Å². The van der Waals surface area contributed by atoms with Crippen LogP contribution in [0.5, 0.6) is 0 Å². The summed E-state index contributed by atoms with van der Waals surface area (Å²) in [5, 5.41) is 49.0. The molecule has 21 heavy (non-hydrogen) atoms. The van der Waals surface area contributed by atoms with Crippen LogP contribution in [0.3, 0.4) is 0 Å². The highest BCUT2D eigenvalue weighted by molar-refractivity contribution is 5.90. The van der Waals surface area contributed by atoms with Gasteiger partial charge >= 0.3 is 0 Å². The fourth-order valence-corrected chi connectivity index (χ4v) is 1.46. The number of carbonyl (C=O) groups is 1. The fourth-order valence-electron chi connectivity index (χ4n) is 1.46. The van der Waals surface area contributed by atoms with Crippen LogP contribution in [0.2, 0.25) is 0 Å². The van der Waals surface area contributed by atoms with Crippen LogP contribution in [0.1, 0.15) is 10.5 Å². The number of hydrogen-bond acceptors (Lipinski definition) is 9. The quantitative estimate of drug-likeness (QED) is 0.255. The average Bonchev–Trinajstić information content (AvgIpc) is 2.50. The first-order valence-corrected chi connectivity index (χ1v) is 6.06. The number of hydrogen-bond donors (Lipinski definition) is 7. The summed E-state index contributed by atoms with van der Waals surface area (Å²) >= 11 is 0. The predicted molar refractivity (Wildman–Crippen MR) is 70.2 cm³/mol. The van der Waals surface area contributed by atoms with E-state index >= 15 is 0 Å². The molecule has 0 fully saturated rings. The van der Waals surface area contributed by atoms with E-state index in [4.69, 9.17) is 15.9 Å². The Morgan fingerprint density at radius 1 is 1.24 bits per heavy atom. The highest BCUT2D eigenvalue weighted by Gasteiger charge is 2.29. The van der Waals surface area contributed by atoms with Gasteiger partial charge in [0.15, 0.2) is 0 Å². The Balaban J connectivity index is 2.58. The van der Waals surface area contributed by atoms with E-state index in [-0.39, 0.29) is 18.2 Å². The molecule has 0 aliphatic rings. The molecule has 10 nitrogen and oxygen atoms in total. The van der Waals surface area contributed by atoms with Crippen molar-refractivity contribution in [3.8, 4) is 0 Å². The third-order valence-corrected chi connectivity index (χ3v) is 2.70. The number of aliphatic hydroxyl groups excluding tert-OH is 5. The minimum absolute atomic E-state index is 0.00486. The van der Waals surface area contributed by atoms with Crippen molar-refractivity contribution in [3.63, 3.8) is 0 Å². The molecule has 1 amide bonds. The minimum atomic E-state index is -1.72. The number of primary amides is 1. The Kier molecular flexibility index (Phi) is 6.39. The zero-order valence-electron chi connectivity index (χ0n) is 11.0. The zero-order chi connectivity index (χ0) is 16.0. The molecule has 10 heteroatoms. The summed E-state index contributed by atoms with van der Waals surface area (Å²) in [6.07, 6.45) is -5.18. The zero-order valence-corrected chi connectivity index (χ0v) is 11.0. The van der Waals surface area contributed by atoms with Crippen molar-refractivity contribution in [3.05, 3.63) is 18.0 Å². The average molecular weight is 302 g/mol. The van der Waals surface area contributed by atoms with Gasteiger partial charge in [-0.25, -0.2) is 9.97 Å². The number of aromatic nitrogens is 2. The van der Waals surface area contributed by atoms with E-state index < -0.39 is 36.9 Å². The van der Waals surface area contributed by atoms with Crippen molar-refractivity contribution < 1.29 is 30.3 Å². The molecule has 0 saturated carbocycles. The molecule has 0 unspecified atom stereocenters. The molecule has 1 heterocycles. The van der Waals surface area contributed by atoms with Crippen LogP contribution >= 0.6 is 0 Å². The van der Waals surface area contributed by atoms with Gasteiger partial charge < -0.3 is 36.6 Å². The van der Waals surface area contributed by atoms with E-state index in [1.54, 1.807) is 0 Å². The molecule has 0 radical (unpaired) electrons. The summed E-state index contributed by atoms with van der Waals surface area (Å²) in [7, 11) is 0.